The fourth-order valence-electron chi connectivity index (χ4n) is 4.32. The Morgan fingerprint density at radius 2 is 1.91 bits per heavy atom. The third-order valence-corrected chi connectivity index (χ3v) is 6.08. The number of Topliss-reactive ketones (excluding diaryl/α,β-unsaturated/α-hetero) is 1. The number of pyridine rings is 1. The van der Waals surface area contributed by atoms with Gasteiger partial charge in [0.2, 0.25) is 0 Å². The summed E-state index contributed by atoms with van der Waals surface area (Å²) >= 11 is 6.11. The molecule has 2 aliphatic rings. The lowest BCUT2D eigenvalue weighted by molar-refractivity contribution is -0.132. The molecule has 5 rings (SSSR count). The van der Waals surface area contributed by atoms with Gasteiger partial charge in [-0.2, -0.15) is 0 Å². The summed E-state index contributed by atoms with van der Waals surface area (Å²) in [4.78, 5) is 31.9. The number of aliphatic hydroxyl groups excluding tert-OH is 1. The number of nitrogens with zero attached hydrogens (tertiary/aromatic N) is 2. The predicted octanol–water partition coefficient (Wildman–Crippen LogP) is 4.60. The zero-order valence-corrected chi connectivity index (χ0v) is 18.0. The van der Waals surface area contributed by atoms with E-state index in [9.17, 15) is 14.7 Å². The van der Waals surface area contributed by atoms with E-state index < -0.39 is 17.7 Å². The molecule has 1 fully saturated rings. The van der Waals surface area contributed by atoms with Crippen molar-refractivity contribution in [3.63, 3.8) is 0 Å². The van der Waals surface area contributed by atoms with E-state index in [1.807, 2.05) is 13.0 Å². The molecule has 32 heavy (non-hydrogen) atoms. The topological polar surface area (TPSA) is 79.7 Å². The quantitative estimate of drug-likeness (QED) is 0.361. The van der Waals surface area contributed by atoms with Crippen molar-refractivity contribution in [2.45, 2.75) is 19.4 Å². The van der Waals surface area contributed by atoms with Crippen LogP contribution in [0.15, 0.2) is 66.5 Å². The second kappa shape index (κ2) is 7.80. The maximum absolute atomic E-state index is 13.2. The van der Waals surface area contributed by atoms with E-state index in [1.54, 1.807) is 54.9 Å². The number of halogens is 1. The first-order valence-electron chi connectivity index (χ1n) is 10.2. The molecule has 1 N–H and O–H groups in total. The molecule has 2 aromatic carbocycles. The molecule has 1 amide bonds. The number of aromatic nitrogens is 1. The Hall–Kier alpha value is -3.64. The Labute approximate surface area is 189 Å². The van der Waals surface area contributed by atoms with Crippen LogP contribution < -0.4 is 9.64 Å². The van der Waals surface area contributed by atoms with Crippen molar-refractivity contribution in [1.82, 2.24) is 4.98 Å². The van der Waals surface area contributed by atoms with Crippen LogP contribution in [0.1, 0.15) is 28.3 Å². The molecule has 160 valence electrons. The van der Waals surface area contributed by atoms with E-state index in [1.165, 1.54) is 4.90 Å². The Bertz CT molecular complexity index is 1290. The summed E-state index contributed by atoms with van der Waals surface area (Å²) in [6.07, 6.45) is 3.91. The maximum atomic E-state index is 13.2. The average molecular weight is 447 g/mol. The minimum atomic E-state index is -0.803. The number of amides is 1. The summed E-state index contributed by atoms with van der Waals surface area (Å²) in [6.45, 7) is 2.40. The zero-order valence-electron chi connectivity index (χ0n) is 17.2. The zero-order chi connectivity index (χ0) is 22.4. The predicted molar refractivity (Wildman–Crippen MR) is 121 cm³/mol. The van der Waals surface area contributed by atoms with Crippen molar-refractivity contribution < 1.29 is 19.4 Å². The minimum Gasteiger partial charge on any atom is -0.507 e. The van der Waals surface area contributed by atoms with Gasteiger partial charge in [-0.1, -0.05) is 11.6 Å². The number of hydrogen-bond acceptors (Lipinski definition) is 5. The fraction of sp³-hybridized carbons (Fsp3) is 0.160. The molecule has 2 aliphatic heterocycles. The monoisotopic (exact) mass is 446 g/mol. The first-order chi connectivity index (χ1) is 15.5. The number of ketones is 1. The summed E-state index contributed by atoms with van der Waals surface area (Å²) < 4.78 is 5.54. The number of benzene rings is 2. The highest BCUT2D eigenvalue weighted by Gasteiger charge is 2.47. The molecule has 0 spiro atoms. The summed E-state index contributed by atoms with van der Waals surface area (Å²) in [6, 6.07) is 13.1. The molecular weight excluding hydrogens is 428 g/mol. The SMILES string of the molecule is Cc1cc(Cl)ccc1N1C(=O)C(=O)/C(=C(\O)c2ccc3c(c2)CCO3)C1c1ccncc1. The van der Waals surface area contributed by atoms with E-state index in [4.69, 9.17) is 16.3 Å². The van der Waals surface area contributed by atoms with Gasteiger partial charge in [0.25, 0.3) is 11.7 Å². The second-order valence-corrected chi connectivity index (χ2v) is 8.24. The lowest BCUT2D eigenvalue weighted by Gasteiger charge is -2.26. The average Bonchev–Trinajstić information content (AvgIpc) is 3.36. The van der Waals surface area contributed by atoms with Crippen LogP contribution in [0, 0.1) is 6.92 Å². The Morgan fingerprint density at radius 1 is 1.12 bits per heavy atom. The molecule has 1 unspecified atom stereocenters. The summed E-state index contributed by atoms with van der Waals surface area (Å²) in [5.41, 5.74) is 3.43. The van der Waals surface area contributed by atoms with Crippen LogP contribution in [0.5, 0.6) is 5.75 Å². The second-order valence-electron chi connectivity index (χ2n) is 7.80. The van der Waals surface area contributed by atoms with Crippen LogP contribution in [0.25, 0.3) is 5.76 Å². The van der Waals surface area contributed by atoms with Crippen LogP contribution in [0.4, 0.5) is 5.69 Å². The first kappa shape index (κ1) is 20.3. The van der Waals surface area contributed by atoms with Gasteiger partial charge in [0.15, 0.2) is 0 Å². The van der Waals surface area contributed by atoms with Gasteiger partial charge in [0.1, 0.15) is 11.5 Å². The van der Waals surface area contributed by atoms with Gasteiger partial charge in [0, 0.05) is 35.1 Å². The summed E-state index contributed by atoms with van der Waals surface area (Å²) in [5.74, 6) is -0.892. The third-order valence-electron chi connectivity index (χ3n) is 5.85. The minimum absolute atomic E-state index is 0.0365. The van der Waals surface area contributed by atoms with Crippen molar-refractivity contribution in [3.05, 3.63) is 93.8 Å². The van der Waals surface area contributed by atoms with Gasteiger partial charge >= 0.3 is 0 Å². The number of hydrogen-bond donors (Lipinski definition) is 1. The van der Waals surface area contributed by atoms with Crippen LogP contribution in [0.3, 0.4) is 0 Å². The Morgan fingerprint density at radius 3 is 2.66 bits per heavy atom. The molecule has 3 aromatic rings. The standard InChI is InChI=1S/C25H19ClN2O4/c1-14-12-18(26)3-4-19(14)28-22(15-6-9-27-10-7-15)21(24(30)25(28)31)23(29)17-2-5-20-16(13-17)8-11-32-20/h2-7,9-10,12-13,22,29H,8,11H2,1H3/b23-21-. The maximum Gasteiger partial charge on any atom is 0.300 e. The lowest BCUT2D eigenvalue weighted by Crippen LogP contribution is -2.30. The van der Waals surface area contributed by atoms with E-state index in [0.29, 0.717) is 28.4 Å². The van der Waals surface area contributed by atoms with Crippen LogP contribution in [0.2, 0.25) is 5.02 Å². The molecule has 0 bridgehead atoms. The molecule has 7 heteroatoms. The van der Waals surface area contributed by atoms with Gasteiger partial charge in [0.05, 0.1) is 18.2 Å². The van der Waals surface area contributed by atoms with Gasteiger partial charge < -0.3 is 9.84 Å². The van der Waals surface area contributed by atoms with Gasteiger partial charge in [-0.15, -0.1) is 0 Å². The Kier molecular flexibility index (Phi) is 4.94. The largest absolute Gasteiger partial charge is 0.507 e. The number of aryl methyl sites for hydroxylation is 1. The van der Waals surface area contributed by atoms with Crippen molar-refractivity contribution in [1.29, 1.82) is 0 Å². The molecule has 0 aliphatic carbocycles. The number of carbonyl (C=O) groups excluding carboxylic acids is 2. The normalized spacial score (nSPS) is 19.2. The van der Waals surface area contributed by atoms with Crippen molar-refractivity contribution >= 4 is 34.7 Å². The third kappa shape index (κ3) is 3.24. The fourth-order valence-corrected chi connectivity index (χ4v) is 4.55. The van der Waals surface area contributed by atoms with Crippen molar-refractivity contribution in [2.24, 2.45) is 0 Å². The highest BCUT2D eigenvalue weighted by Crippen LogP contribution is 2.43. The number of rotatable bonds is 3. The highest BCUT2D eigenvalue weighted by molar-refractivity contribution is 6.51. The number of carbonyl (C=O) groups is 2. The molecule has 1 saturated heterocycles. The molecule has 1 aromatic heterocycles. The molecular formula is C25H19ClN2O4. The smallest absolute Gasteiger partial charge is 0.300 e. The van der Waals surface area contributed by atoms with E-state index in [2.05, 4.69) is 4.98 Å². The van der Waals surface area contributed by atoms with Gasteiger partial charge in [-0.05, 0) is 72.1 Å². The van der Waals surface area contributed by atoms with Crippen molar-refractivity contribution in [2.75, 3.05) is 11.5 Å². The van der Waals surface area contributed by atoms with Gasteiger partial charge in [-0.3, -0.25) is 19.5 Å². The summed E-state index contributed by atoms with van der Waals surface area (Å²) in [7, 11) is 0. The van der Waals surface area contributed by atoms with Crippen LogP contribution >= 0.6 is 11.6 Å². The molecule has 3 heterocycles. The number of anilines is 1. The number of ether oxygens (including phenoxy) is 1. The summed E-state index contributed by atoms with van der Waals surface area (Å²) in [5, 5.41) is 11.8. The molecule has 0 radical (unpaired) electrons. The number of aliphatic hydroxyl groups is 1. The molecule has 0 saturated carbocycles. The van der Waals surface area contributed by atoms with E-state index in [0.717, 1.165) is 23.3 Å². The highest BCUT2D eigenvalue weighted by atomic mass is 35.5. The van der Waals surface area contributed by atoms with E-state index in [-0.39, 0.29) is 11.3 Å². The van der Waals surface area contributed by atoms with Gasteiger partial charge in [-0.25, -0.2) is 0 Å². The Balaban J connectivity index is 1.71. The molecule has 6 nitrogen and oxygen atoms in total. The van der Waals surface area contributed by atoms with E-state index >= 15 is 0 Å². The van der Waals surface area contributed by atoms with Crippen LogP contribution in [-0.2, 0) is 16.0 Å². The lowest BCUT2D eigenvalue weighted by atomic mass is 9.95. The molecule has 1 atom stereocenters. The van der Waals surface area contributed by atoms with Crippen molar-refractivity contribution in [3.8, 4) is 5.75 Å². The first-order valence-corrected chi connectivity index (χ1v) is 10.6. The van der Waals surface area contributed by atoms with Crippen LogP contribution in [-0.4, -0.2) is 28.4 Å². The number of fused-ring (bicyclic) bond motifs is 1.